The Morgan fingerprint density at radius 3 is 2.31 bits per heavy atom. The van der Waals surface area contributed by atoms with Gasteiger partial charge < -0.3 is 25.1 Å². The van der Waals surface area contributed by atoms with Gasteiger partial charge in [-0.3, -0.25) is 9.59 Å². The SMILES string of the molecule is CC(=O)O[C@@H]1C[C@@]23COC[C@@](C)([C@@H]2CC[C@H]2C3=CC[C@@]3(C)[C@H](C(=O)O)[C@@](C)([C@H](C)C(C)C)CC[C@]23C)[C@H]1OC[C@@](C)(N)C(C)C. The molecule has 0 aromatic rings. The van der Waals surface area contributed by atoms with Crippen LogP contribution < -0.4 is 5.73 Å². The molecule has 3 N–H and O–H groups in total. The number of hydrogen-bond acceptors (Lipinski definition) is 6. The average Bonchev–Trinajstić information content (AvgIpc) is 2.92. The Hall–Kier alpha value is -1.44. The van der Waals surface area contributed by atoms with Gasteiger partial charge in [-0.1, -0.05) is 74.0 Å². The van der Waals surface area contributed by atoms with Crippen molar-refractivity contribution in [2.75, 3.05) is 19.8 Å². The number of rotatable bonds is 8. The minimum Gasteiger partial charge on any atom is -0.481 e. The van der Waals surface area contributed by atoms with E-state index in [-0.39, 0.29) is 51.0 Å². The number of aliphatic carboxylic acids is 1. The summed E-state index contributed by atoms with van der Waals surface area (Å²) in [5.41, 5.74) is 6.19. The van der Waals surface area contributed by atoms with Crippen molar-refractivity contribution in [3.8, 4) is 0 Å². The Labute approximate surface area is 272 Å². The van der Waals surface area contributed by atoms with Crippen LogP contribution in [-0.2, 0) is 23.8 Å². The van der Waals surface area contributed by atoms with Crippen molar-refractivity contribution < 1.29 is 28.9 Å². The first-order valence-corrected chi connectivity index (χ1v) is 17.8. The molecule has 12 atom stereocenters. The van der Waals surface area contributed by atoms with Gasteiger partial charge in [-0.25, -0.2) is 0 Å². The fraction of sp³-hybridized carbons (Fsp3) is 0.895. The Morgan fingerprint density at radius 2 is 1.73 bits per heavy atom. The molecule has 0 spiro atoms. The summed E-state index contributed by atoms with van der Waals surface area (Å²) in [5, 5.41) is 11.0. The second-order valence-electron chi connectivity index (χ2n) is 18.1. The number of carbonyl (C=O) groups excluding carboxylic acids is 1. The molecule has 256 valence electrons. The standard InChI is InChI=1S/C38H63NO6/c1-22(2)24(5)33(7)16-17-35(9)26-12-13-29-34(8)19-43-21-38(29,27(26)14-15-36(35,10)30(33)32(41)42)18-28(45-25(6)40)31(34)44-20-37(11,39)23(3)4/h14,22-24,26,28-31H,12-13,15-21,39H2,1-11H3,(H,41,42)/t24-,26+,28-,29+,30-,31+,33-,34+,35-,36+,37-,38+/m1/s1. The van der Waals surface area contributed by atoms with Gasteiger partial charge in [0.1, 0.15) is 12.2 Å². The van der Waals surface area contributed by atoms with Gasteiger partial charge >= 0.3 is 11.9 Å². The highest BCUT2D eigenvalue weighted by Gasteiger charge is 2.72. The first kappa shape index (κ1) is 34.9. The maximum atomic E-state index is 13.3. The molecule has 0 radical (unpaired) electrons. The van der Waals surface area contributed by atoms with Crippen LogP contribution in [0.25, 0.3) is 0 Å². The lowest BCUT2D eigenvalue weighted by molar-refractivity contribution is -0.269. The van der Waals surface area contributed by atoms with Crippen molar-refractivity contribution in [3.63, 3.8) is 0 Å². The van der Waals surface area contributed by atoms with E-state index in [1.807, 2.05) is 6.92 Å². The van der Waals surface area contributed by atoms with E-state index >= 15 is 0 Å². The molecule has 3 saturated carbocycles. The minimum absolute atomic E-state index is 0.160. The molecule has 5 aliphatic rings. The molecule has 7 heteroatoms. The summed E-state index contributed by atoms with van der Waals surface area (Å²) in [5.74, 6) is 0.184. The number of esters is 1. The first-order chi connectivity index (χ1) is 20.7. The van der Waals surface area contributed by atoms with Gasteiger partial charge in [0.15, 0.2) is 0 Å². The summed E-state index contributed by atoms with van der Waals surface area (Å²) < 4.78 is 19.5. The third-order valence-corrected chi connectivity index (χ3v) is 15.3. The third kappa shape index (κ3) is 4.98. The van der Waals surface area contributed by atoms with E-state index in [0.717, 1.165) is 32.1 Å². The van der Waals surface area contributed by atoms with Gasteiger partial charge in [-0.05, 0) is 91.3 Å². The molecular formula is C38H63NO6. The van der Waals surface area contributed by atoms with E-state index in [1.54, 1.807) is 0 Å². The van der Waals surface area contributed by atoms with Gasteiger partial charge in [-0.2, -0.15) is 0 Å². The van der Waals surface area contributed by atoms with E-state index < -0.39 is 23.5 Å². The number of fused-ring (bicyclic) bond motifs is 3. The van der Waals surface area contributed by atoms with Crippen LogP contribution in [0.3, 0.4) is 0 Å². The topological polar surface area (TPSA) is 108 Å². The first-order valence-electron chi connectivity index (χ1n) is 17.8. The van der Waals surface area contributed by atoms with Gasteiger partial charge in [0.2, 0.25) is 0 Å². The summed E-state index contributed by atoms with van der Waals surface area (Å²) >= 11 is 0. The monoisotopic (exact) mass is 629 g/mol. The Bertz CT molecular complexity index is 1210. The number of carboxylic acid groups (broad SMARTS) is 1. The van der Waals surface area contributed by atoms with Crippen LogP contribution in [0.15, 0.2) is 11.6 Å². The van der Waals surface area contributed by atoms with Crippen molar-refractivity contribution in [2.45, 2.75) is 132 Å². The predicted octanol–water partition coefficient (Wildman–Crippen LogP) is 7.27. The molecule has 45 heavy (non-hydrogen) atoms. The van der Waals surface area contributed by atoms with Crippen molar-refractivity contribution in [1.29, 1.82) is 0 Å². The Kier molecular flexibility index (Phi) is 8.78. The van der Waals surface area contributed by atoms with Gasteiger partial charge in [-0.15, -0.1) is 0 Å². The fourth-order valence-corrected chi connectivity index (χ4v) is 11.6. The van der Waals surface area contributed by atoms with E-state index in [1.165, 1.54) is 12.5 Å². The zero-order valence-corrected chi connectivity index (χ0v) is 30.1. The van der Waals surface area contributed by atoms with Crippen molar-refractivity contribution in [3.05, 3.63) is 11.6 Å². The molecule has 0 amide bonds. The largest absolute Gasteiger partial charge is 0.481 e. The molecule has 0 aromatic heterocycles. The van der Waals surface area contributed by atoms with E-state index in [0.29, 0.717) is 44.0 Å². The molecule has 7 nitrogen and oxygen atoms in total. The van der Waals surface area contributed by atoms with Crippen LogP contribution >= 0.6 is 0 Å². The van der Waals surface area contributed by atoms with Gasteiger partial charge in [0.05, 0.1) is 25.7 Å². The van der Waals surface area contributed by atoms with Crippen molar-refractivity contribution >= 4 is 11.9 Å². The quantitative estimate of drug-likeness (QED) is 0.215. The highest BCUT2D eigenvalue weighted by molar-refractivity contribution is 5.73. The number of carboxylic acids is 1. The summed E-state index contributed by atoms with van der Waals surface area (Å²) in [6, 6.07) is 0. The Morgan fingerprint density at radius 1 is 1.07 bits per heavy atom. The lowest BCUT2D eigenvalue weighted by atomic mass is 9.34. The van der Waals surface area contributed by atoms with Gasteiger partial charge in [0, 0.05) is 23.3 Å². The zero-order valence-electron chi connectivity index (χ0n) is 30.1. The predicted molar refractivity (Wildman–Crippen MR) is 176 cm³/mol. The smallest absolute Gasteiger partial charge is 0.307 e. The van der Waals surface area contributed by atoms with Crippen LogP contribution in [0.1, 0.15) is 115 Å². The molecular weight excluding hydrogens is 566 g/mol. The van der Waals surface area contributed by atoms with Crippen LogP contribution in [0, 0.1) is 62.6 Å². The number of hydrogen-bond donors (Lipinski definition) is 2. The molecule has 1 saturated heterocycles. The summed E-state index contributed by atoms with van der Waals surface area (Å²) in [7, 11) is 0. The number of allylic oxidation sites excluding steroid dienone is 1. The molecule has 4 fully saturated rings. The molecule has 0 unspecified atom stereocenters. The van der Waals surface area contributed by atoms with E-state index in [2.05, 4.69) is 68.4 Å². The number of carbonyl (C=O) groups is 2. The lowest BCUT2D eigenvalue weighted by Gasteiger charge is -2.71. The van der Waals surface area contributed by atoms with Gasteiger partial charge in [0.25, 0.3) is 0 Å². The second-order valence-corrected chi connectivity index (χ2v) is 18.1. The number of nitrogens with two attached hydrogens (primary N) is 1. The maximum Gasteiger partial charge on any atom is 0.307 e. The average molecular weight is 630 g/mol. The van der Waals surface area contributed by atoms with Crippen molar-refractivity contribution in [1.82, 2.24) is 0 Å². The van der Waals surface area contributed by atoms with Crippen molar-refractivity contribution in [2.24, 2.45) is 68.3 Å². The highest BCUT2D eigenvalue weighted by atomic mass is 16.6. The van der Waals surface area contributed by atoms with Crippen LogP contribution in [0.2, 0.25) is 0 Å². The molecule has 1 heterocycles. The van der Waals surface area contributed by atoms with E-state index in [9.17, 15) is 14.7 Å². The molecule has 5 rings (SSSR count). The molecule has 2 bridgehead atoms. The summed E-state index contributed by atoms with van der Waals surface area (Å²) in [6.45, 7) is 25.3. The maximum absolute atomic E-state index is 13.3. The molecule has 0 aromatic carbocycles. The van der Waals surface area contributed by atoms with Crippen LogP contribution in [0.4, 0.5) is 0 Å². The summed E-state index contributed by atoms with van der Waals surface area (Å²) in [4.78, 5) is 25.9. The van der Waals surface area contributed by atoms with Crippen LogP contribution in [0.5, 0.6) is 0 Å². The molecule has 4 aliphatic carbocycles. The highest BCUT2D eigenvalue weighted by Crippen LogP contribution is 2.75. The third-order valence-electron chi connectivity index (χ3n) is 15.3. The summed E-state index contributed by atoms with van der Waals surface area (Å²) in [6.07, 6.45) is 7.15. The zero-order chi connectivity index (χ0) is 33.5. The van der Waals surface area contributed by atoms with E-state index in [4.69, 9.17) is 19.9 Å². The fourth-order valence-electron chi connectivity index (χ4n) is 11.6. The number of ether oxygens (including phenoxy) is 3. The normalized spacial score (nSPS) is 46.3. The minimum atomic E-state index is -0.642. The van der Waals surface area contributed by atoms with Crippen LogP contribution in [-0.4, -0.2) is 54.6 Å². The molecule has 1 aliphatic heterocycles. The Balaban J connectivity index is 1.58. The second kappa shape index (κ2) is 11.3. The lowest BCUT2D eigenvalue weighted by Crippen LogP contribution is -2.70.